The van der Waals surface area contributed by atoms with Crippen LogP contribution in [-0.4, -0.2) is 24.0 Å². The maximum absolute atomic E-state index is 2.69. The van der Waals surface area contributed by atoms with Crippen LogP contribution in [0.15, 0.2) is 0 Å². The fraction of sp³-hybridized carbons (Fsp3) is 1.00. The molecule has 0 unspecified atom stereocenters. The normalized spacial score (nSPS) is 39.3. The highest BCUT2D eigenvalue weighted by molar-refractivity contribution is 4.97. The first-order chi connectivity index (χ1) is 4.92. The van der Waals surface area contributed by atoms with Crippen LogP contribution in [0.3, 0.4) is 0 Å². The molecular formula is C9H17N. The summed E-state index contributed by atoms with van der Waals surface area (Å²) < 4.78 is 0. The number of nitrogens with zero attached hydrogens (tertiary/aromatic N) is 1. The predicted molar refractivity (Wildman–Crippen MR) is 43.0 cm³/mol. The molecule has 1 saturated heterocycles. The van der Waals surface area contributed by atoms with Crippen LogP contribution in [0.4, 0.5) is 0 Å². The molecule has 1 nitrogen and oxygen atoms in total. The van der Waals surface area contributed by atoms with Crippen LogP contribution in [0, 0.1) is 5.92 Å². The van der Waals surface area contributed by atoms with Gasteiger partial charge in [-0.25, -0.2) is 0 Å². The van der Waals surface area contributed by atoms with E-state index in [1.165, 1.54) is 38.8 Å². The van der Waals surface area contributed by atoms with Crippen molar-refractivity contribution < 1.29 is 0 Å². The number of fused-ring (bicyclic) bond motifs is 1. The van der Waals surface area contributed by atoms with Gasteiger partial charge in [-0.2, -0.15) is 0 Å². The van der Waals surface area contributed by atoms with E-state index in [-0.39, 0.29) is 0 Å². The zero-order valence-electron chi connectivity index (χ0n) is 6.84. The second kappa shape index (κ2) is 2.54. The van der Waals surface area contributed by atoms with Crippen LogP contribution in [0.5, 0.6) is 0 Å². The lowest BCUT2D eigenvalue weighted by molar-refractivity contribution is 0.216. The largest absolute Gasteiger partial charge is 0.300 e. The second-order valence-electron chi connectivity index (χ2n) is 3.74. The van der Waals surface area contributed by atoms with E-state index < -0.39 is 0 Å². The quantitative estimate of drug-likeness (QED) is 0.564. The van der Waals surface area contributed by atoms with Crippen LogP contribution in [0.1, 0.15) is 32.6 Å². The van der Waals surface area contributed by atoms with Gasteiger partial charge in [-0.05, 0) is 44.7 Å². The number of rotatable bonds is 2. The molecule has 0 aromatic heterocycles. The fourth-order valence-electron chi connectivity index (χ4n) is 2.28. The average molecular weight is 139 g/mol. The Morgan fingerprint density at radius 1 is 1.50 bits per heavy atom. The van der Waals surface area contributed by atoms with Crippen molar-refractivity contribution in [3.05, 3.63) is 0 Å². The minimum Gasteiger partial charge on any atom is -0.300 e. The summed E-state index contributed by atoms with van der Waals surface area (Å²) in [5, 5.41) is 0. The molecule has 10 heavy (non-hydrogen) atoms. The van der Waals surface area contributed by atoms with E-state index in [4.69, 9.17) is 0 Å². The number of hydrogen-bond acceptors (Lipinski definition) is 1. The first kappa shape index (κ1) is 6.66. The second-order valence-corrected chi connectivity index (χ2v) is 3.74. The van der Waals surface area contributed by atoms with Gasteiger partial charge in [-0.1, -0.05) is 6.92 Å². The summed E-state index contributed by atoms with van der Waals surface area (Å²) in [5.41, 5.74) is 0. The fourth-order valence-corrected chi connectivity index (χ4v) is 2.28. The molecule has 0 bridgehead atoms. The topological polar surface area (TPSA) is 3.24 Å². The van der Waals surface area contributed by atoms with Gasteiger partial charge in [0.2, 0.25) is 0 Å². The summed E-state index contributed by atoms with van der Waals surface area (Å²) in [6.45, 7) is 5.02. The van der Waals surface area contributed by atoms with Crippen molar-refractivity contribution in [3.63, 3.8) is 0 Å². The van der Waals surface area contributed by atoms with E-state index in [1.807, 2.05) is 0 Å². The minimum absolute atomic E-state index is 1.02. The summed E-state index contributed by atoms with van der Waals surface area (Å²) >= 11 is 0. The van der Waals surface area contributed by atoms with Gasteiger partial charge < -0.3 is 4.90 Å². The highest BCUT2D eigenvalue weighted by Crippen LogP contribution is 2.42. The van der Waals surface area contributed by atoms with Crippen molar-refractivity contribution in [2.75, 3.05) is 13.1 Å². The Morgan fingerprint density at radius 2 is 2.40 bits per heavy atom. The standard InChI is InChI=1S/C9H17N/c1-2-5-10-6-3-4-8-7-9(8)10/h8-9H,2-7H2,1H3/t8-,9+/m1/s1. The van der Waals surface area contributed by atoms with E-state index in [0.29, 0.717) is 0 Å². The molecule has 0 amide bonds. The van der Waals surface area contributed by atoms with Crippen molar-refractivity contribution >= 4 is 0 Å². The Morgan fingerprint density at radius 3 is 3.20 bits per heavy atom. The number of hydrogen-bond donors (Lipinski definition) is 0. The van der Waals surface area contributed by atoms with Crippen LogP contribution in [0.25, 0.3) is 0 Å². The molecule has 2 atom stereocenters. The summed E-state index contributed by atoms with van der Waals surface area (Å²) in [6.07, 6.45) is 5.83. The average Bonchev–Trinajstić information content (AvgIpc) is 2.67. The van der Waals surface area contributed by atoms with E-state index >= 15 is 0 Å². The molecule has 0 N–H and O–H groups in total. The lowest BCUT2D eigenvalue weighted by Crippen LogP contribution is -2.32. The maximum atomic E-state index is 2.69. The van der Waals surface area contributed by atoms with Crippen LogP contribution in [0.2, 0.25) is 0 Å². The lowest BCUT2D eigenvalue weighted by Gasteiger charge is -2.25. The molecule has 0 aromatic carbocycles. The first-order valence-corrected chi connectivity index (χ1v) is 4.66. The lowest BCUT2D eigenvalue weighted by atomic mass is 10.1. The summed E-state index contributed by atoms with van der Waals surface area (Å²) in [7, 11) is 0. The highest BCUT2D eigenvalue weighted by Gasteiger charge is 2.43. The zero-order valence-corrected chi connectivity index (χ0v) is 6.84. The van der Waals surface area contributed by atoms with E-state index in [1.54, 1.807) is 0 Å². The molecule has 1 heteroatoms. The van der Waals surface area contributed by atoms with Crippen molar-refractivity contribution in [2.45, 2.75) is 38.6 Å². The number of piperidine rings is 1. The van der Waals surface area contributed by atoms with Crippen molar-refractivity contribution in [2.24, 2.45) is 5.92 Å². The maximum Gasteiger partial charge on any atom is 0.0127 e. The van der Waals surface area contributed by atoms with Gasteiger partial charge in [0.25, 0.3) is 0 Å². The van der Waals surface area contributed by atoms with Crippen LogP contribution in [-0.2, 0) is 0 Å². The molecule has 0 radical (unpaired) electrons. The van der Waals surface area contributed by atoms with E-state index in [2.05, 4.69) is 11.8 Å². The molecule has 1 aliphatic heterocycles. The third-order valence-electron chi connectivity index (χ3n) is 2.89. The molecule has 2 fully saturated rings. The molecular weight excluding hydrogens is 122 g/mol. The van der Waals surface area contributed by atoms with Gasteiger partial charge in [0.1, 0.15) is 0 Å². The highest BCUT2D eigenvalue weighted by atomic mass is 15.2. The van der Waals surface area contributed by atoms with Crippen molar-refractivity contribution in [3.8, 4) is 0 Å². The molecule has 1 aliphatic carbocycles. The third kappa shape index (κ3) is 1.07. The molecule has 1 saturated carbocycles. The summed E-state index contributed by atoms with van der Waals surface area (Å²) in [5.74, 6) is 1.11. The van der Waals surface area contributed by atoms with Crippen LogP contribution >= 0.6 is 0 Å². The number of likely N-dealkylation sites (tertiary alicyclic amines) is 1. The molecule has 0 aromatic rings. The summed E-state index contributed by atoms with van der Waals surface area (Å²) in [4.78, 5) is 2.69. The minimum atomic E-state index is 1.02. The van der Waals surface area contributed by atoms with Crippen molar-refractivity contribution in [1.29, 1.82) is 0 Å². The Balaban J connectivity index is 1.84. The smallest absolute Gasteiger partial charge is 0.0127 e. The third-order valence-corrected chi connectivity index (χ3v) is 2.89. The van der Waals surface area contributed by atoms with Gasteiger partial charge in [0, 0.05) is 6.04 Å². The zero-order chi connectivity index (χ0) is 6.97. The van der Waals surface area contributed by atoms with E-state index in [9.17, 15) is 0 Å². The van der Waals surface area contributed by atoms with Gasteiger partial charge in [0.15, 0.2) is 0 Å². The Labute approximate surface area is 63.4 Å². The molecule has 58 valence electrons. The van der Waals surface area contributed by atoms with E-state index in [0.717, 1.165) is 12.0 Å². The predicted octanol–water partition coefficient (Wildman–Crippen LogP) is 1.88. The first-order valence-electron chi connectivity index (χ1n) is 4.66. The van der Waals surface area contributed by atoms with Gasteiger partial charge >= 0.3 is 0 Å². The van der Waals surface area contributed by atoms with Crippen molar-refractivity contribution in [1.82, 2.24) is 4.90 Å². The van der Waals surface area contributed by atoms with Gasteiger partial charge in [-0.3, -0.25) is 0 Å². The SMILES string of the molecule is CCCN1CCC[C@@H]2C[C@@H]21. The molecule has 0 spiro atoms. The molecule has 2 rings (SSSR count). The summed E-state index contributed by atoms with van der Waals surface area (Å²) in [6, 6.07) is 1.02. The Hall–Kier alpha value is -0.0400. The Bertz CT molecular complexity index is 120. The van der Waals surface area contributed by atoms with Gasteiger partial charge in [-0.15, -0.1) is 0 Å². The van der Waals surface area contributed by atoms with Crippen LogP contribution < -0.4 is 0 Å². The molecule has 2 aliphatic rings. The van der Waals surface area contributed by atoms with Gasteiger partial charge in [0.05, 0.1) is 0 Å². The Kier molecular flexibility index (Phi) is 1.69. The monoisotopic (exact) mass is 139 g/mol. The molecule has 1 heterocycles.